The van der Waals surface area contributed by atoms with Gasteiger partial charge >= 0.3 is 0 Å². The summed E-state index contributed by atoms with van der Waals surface area (Å²) in [4.78, 5) is 36.9. The van der Waals surface area contributed by atoms with Crippen molar-refractivity contribution in [1.29, 1.82) is 0 Å². The molecule has 0 radical (unpaired) electrons. The van der Waals surface area contributed by atoms with E-state index in [9.17, 15) is 28.5 Å². The zero-order valence-corrected chi connectivity index (χ0v) is 21.1. The third-order valence-corrected chi connectivity index (χ3v) is 6.90. The Morgan fingerprint density at radius 2 is 1.79 bits per heavy atom. The first-order valence-corrected chi connectivity index (χ1v) is 12.2. The lowest BCUT2D eigenvalue weighted by molar-refractivity contribution is -0.385. The van der Waals surface area contributed by atoms with Gasteiger partial charge in [-0.15, -0.1) is 0 Å². The number of carbonyl (C=O) groups is 2. The Labute approximate surface area is 222 Å². The van der Waals surface area contributed by atoms with Crippen LogP contribution in [-0.2, 0) is 11.2 Å². The minimum atomic E-state index is -0.916. The van der Waals surface area contributed by atoms with Gasteiger partial charge in [0.05, 0.1) is 30.1 Å². The van der Waals surface area contributed by atoms with Crippen LogP contribution in [0.4, 0.5) is 20.2 Å². The maximum absolute atomic E-state index is 14.5. The maximum Gasteiger partial charge on any atom is 0.272 e. The van der Waals surface area contributed by atoms with Gasteiger partial charge in [-0.05, 0) is 54.7 Å². The first kappa shape index (κ1) is 27.0. The normalized spacial score (nSPS) is 13.7. The molecule has 0 aromatic heterocycles. The minimum Gasteiger partial charge on any atom is -0.494 e. The maximum atomic E-state index is 14.5. The molecular weight excluding hydrogens is 520 g/mol. The van der Waals surface area contributed by atoms with Crippen LogP contribution in [-0.4, -0.2) is 41.8 Å². The SMILES string of the molecule is COc1ccc(Cl)c(CC(=O)Nc2ccc(C3CCN(C(=O)c4ccc([N+](=O)[O-])cc4F)CC3)cc2)c1F. The summed E-state index contributed by atoms with van der Waals surface area (Å²) in [5, 5.41) is 13.7. The molecule has 1 aliphatic rings. The van der Waals surface area contributed by atoms with Crippen LogP contribution < -0.4 is 10.1 Å². The number of carbonyl (C=O) groups excluding carboxylic acids is 2. The van der Waals surface area contributed by atoms with E-state index >= 15 is 0 Å². The largest absolute Gasteiger partial charge is 0.494 e. The number of nitro benzene ring substituents is 1. The van der Waals surface area contributed by atoms with Crippen LogP contribution in [0.5, 0.6) is 5.75 Å². The Hall–Kier alpha value is -4.05. The Bertz CT molecular complexity index is 1380. The van der Waals surface area contributed by atoms with Crippen LogP contribution in [0.25, 0.3) is 0 Å². The van der Waals surface area contributed by atoms with Crippen LogP contribution >= 0.6 is 11.6 Å². The van der Waals surface area contributed by atoms with Crippen molar-refractivity contribution in [2.75, 3.05) is 25.5 Å². The fourth-order valence-corrected chi connectivity index (χ4v) is 4.69. The van der Waals surface area contributed by atoms with E-state index in [0.29, 0.717) is 31.6 Å². The molecule has 198 valence electrons. The number of nitrogens with zero attached hydrogens (tertiary/aromatic N) is 2. The lowest BCUT2D eigenvalue weighted by Crippen LogP contribution is -2.38. The van der Waals surface area contributed by atoms with Crippen molar-refractivity contribution in [2.45, 2.75) is 25.2 Å². The third kappa shape index (κ3) is 5.91. The second-order valence-electron chi connectivity index (χ2n) is 8.88. The number of piperidine rings is 1. The Balaban J connectivity index is 1.33. The summed E-state index contributed by atoms with van der Waals surface area (Å²) in [6, 6.07) is 13.1. The summed E-state index contributed by atoms with van der Waals surface area (Å²) in [5.41, 5.74) is 1.02. The van der Waals surface area contributed by atoms with E-state index in [1.54, 1.807) is 12.1 Å². The Morgan fingerprint density at radius 1 is 1.11 bits per heavy atom. The molecule has 3 aromatic rings. The summed E-state index contributed by atoms with van der Waals surface area (Å²) in [5.74, 6) is -2.35. The van der Waals surface area contributed by atoms with Crippen LogP contribution in [0, 0.1) is 21.7 Å². The van der Waals surface area contributed by atoms with Crippen molar-refractivity contribution < 1.29 is 28.0 Å². The molecule has 1 aliphatic heterocycles. The van der Waals surface area contributed by atoms with Crippen LogP contribution in [0.3, 0.4) is 0 Å². The van der Waals surface area contributed by atoms with Crippen molar-refractivity contribution in [3.8, 4) is 5.75 Å². The van der Waals surface area contributed by atoms with E-state index in [-0.39, 0.29) is 34.2 Å². The second-order valence-corrected chi connectivity index (χ2v) is 9.28. The number of methoxy groups -OCH3 is 1. The van der Waals surface area contributed by atoms with Crippen molar-refractivity contribution in [2.24, 2.45) is 0 Å². The van der Waals surface area contributed by atoms with Gasteiger partial charge in [0, 0.05) is 35.4 Å². The molecule has 0 bridgehead atoms. The molecule has 38 heavy (non-hydrogen) atoms. The number of likely N-dealkylation sites (tertiary alicyclic amines) is 1. The van der Waals surface area contributed by atoms with Crippen LogP contribution in [0.1, 0.15) is 40.2 Å². The molecule has 8 nitrogen and oxygen atoms in total. The van der Waals surface area contributed by atoms with Gasteiger partial charge < -0.3 is 15.0 Å². The summed E-state index contributed by atoms with van der Waals surface area (Å²) >= 11 is 6.06. The summed E-state index contributed by atoms with van der Waals surface area (Å²) < 4.78 is 33.7. The molecular formula is C27H24ClF2N3O5. The number of rotatable bonds is 7. The van der Waals surface area contributed by atoms with Crippen LogP contribution in [0.15, 0.2) is 54.6 Å². The average Bonchev–Trinajstić information content (AvgIpc) is 2.91. The first-order valence-electron chi connectivity index (χ1n) is 11.8. The van der Waals surface area contributed by atoms with Gasteiger partial charge in [0.1, 0.15) is 5.82 Å². The van der Waals surface area contributed by atoms with Gasteiger partial charge in [-0.3, -0.25) is 19.7 Å². The zero-order chi connectivity index (χ0) is 27.4. The molecule has 1 heterocycles. The molecule has 1 saturated heterocycles. The Morgan fingerprint density at radius 3 is 2.39 bits per heavy atom. The molecule has 1 fully saturated rings. The number of non-ortho nitro benzene ring substituents is 1. The van der Waals surface area contributed by atoms with E-state index in [1.165, 1.54) is 24.1 Å². The highest BCUT2D eigenvalue weighted by molar-refractivity contribution is 6.31. The van der Waals surface area contributed by atoms with Gasteiger partial charge in [0.15, 0.2) is 11.6 Å². The van der Waals surface area contributed by atoms with E-state index in [1.807, 2.05) is 12.1 Å². The molecule has 11 heteroatoms. The topological polar surface area (TPSA) is 102 Å². The number of benzene rings is 3. The third-order valence-electron chi connectivity index (χ3n) is 6.55. The van der Waals surface area contributed by atoms with Gasteiger partial charge in [0.2, 0.25) is 5.91 Å². The number of nitrogens with one attached hydrogen (secondary N) is 1. The molecule has 0 spiro atoms. The van der Waals surface area contributed by atoms with Crippen molar-refractivity contribution >= 4 is 34.8 Å². The number of ether oxygens (including phenoxy) is 1. The Kier molecular flexibility index (Phi) is 8.21. The number of anilines is 1. The highest BCUT2D eigenvalue weighted by Gasteiger charge is 2.27. The molecule has 0 aliphatic carbocycles. The van der Waals surface area contributed by atoms with Gasteiger partial charge in [-0.2, -0.15) is 0 Å². The fourth-order valence-electron chi connectivity index (χ4n) is 4.48. The quantitative estimate of drug-likeness (QED) is 0.302. The number of hydrogen-bond donors (Lipinski definition) is 1. The smallest absolute Gasteiger partial charge is 0.272 e. The standard InChI is InChI=1S/C27H24ClF2N3O5/c1-38-24-9-8-22(28)21(26(24)30)15-25(34)31-18-4-2-16(3-5-18)17-10-12-32(13-11-17)27(35)20-7-6-19(33(36)37)14-23(20)29/h2-9,14,17H,10-13,15H2,1H3,(H,31,34). The monoisotopic (exact) mass is 543 g/mol. The molecule has 4 rings (SSSR count). The van der Waals surface area contributed by atoms with E-state index in [4.69, 9.17) is 16.3 Å². The minimum absolute atomic E-state index is 0.00665. The molecule has 1 N–H and O–H groups in total. The molecule has 0 saturated carbocycles. The second kappa shape index (κ2) is 11.6. The van der Waals surface area contributed by atoms with Gasteiger partial charge in [-0.1, -0.05) is 23.7 Å². The molecule has 3 aromatic carbocycles. The van der Waals surface area contributed by atoms with E-state index in [0.717, 1.165) is 23.8 Å². The molecule has 0 unspecified atom stereocenters. The number of hydrogen-bond acceptors (Lipinski definition) is 5. The van der Waals surface area contributed by atoms with Crippen molar-refractivity contribution in [3.63, 3.8) is 0 Å². The summed E-state index contributed by atoms with van der Waals surface area (Å²) in [7, 11) is 1.33. The zero-order valence-electron chi connectivity index (χ0n) is 20.4. The summed E-state index contributed by atoms with van der Waals surface area (Å²) in [6.07, 6.45) is 1.05. The van der Waals surface area contributed by atoms with Gasteiger partial charge in [-0.25, -0.2) is 8.78 Å². The van der Waals surface area contributed by atoms with E-state index in [2.05, 4.69) is 5.32 Å². The lowest BCUT2D eigenvalue weighted by Gasteiger charge is -2.32. The number of amides is 2. The predicted molar refractivity (Wildman–Crippen MR) is 138 cm³/mol. The highest BCUT2D eigenvalue weighted by atomic mass is 35.5. The first-order chi connectivity index (χ1) is 18.2. The number of halogens is 3. The van der Waals surface area contributed by atoms with Gasteiger partial charge in [0.25, 0.3) is 11.6 Å². The van der Waals surface area contributed by atoms with Crippen molar-refractivity contribution in [3.05, 3.63) is 98.1 Å². The van der Waals surface area contributed by atoms with Crippen molar-refractivity contribution in [1.82, 2.24) is 4.90 Å². The summed E-state index contributed by atoms with van der Waals surface area (Å²) in [6.45, 7) is 0.816. The van der Waals surface area contributed by atoms with E-state index < -0.39 is 34.1 Å². The molecule has 2 amide bonds. The lowest BCUT2D eigenvalue weighted by atomic mass is 9.89. The highest BCUT2D eigenvalue weighted by Crippen LogP contribution is 2.31. The fraction of sp³-hybridized carbons (Fsp3) is 0.259. The predicted octanol–water partition coefficient (Wildman–Crippen LogP) is 5.74. The average molecular weight is 544 g/mol. The number of nitro groups is 1. The molecule has 0 atom stereocenters. The van der Waals surface area contributed by atoms with Crippen LogP contribution in [0.2, 0.25) is 5.02 Å².